The minimum absolute atomic E-state index is 0. The first-order valence-electron chi connectivity index (χ1n) is 3.95. The van der Waals surface area contributed by atoms with E-state index in [2.05, 4.69) is 0 Å². The Morgan fingerprint density at radius 2 is 1.10 bits per heavy atom. The van der Waals surface area contributed by atoms with Crippen molar-refractivity contribution in [3.63, 3.8) is 0 Å². The number of hydrogen-bond acceptors (Lipinski definition) is 5. The summed E-state index contributed by atoms with van der Waals surface area (Å²) in [7, 11) is -4.64. The zero-order valence-corrected chi connectivity index (χ0v) is 16.0. The molecule has 0 heterocycles. The Morgan fingerprint density at radius 1 is 0.905 bits per heavy atom. The molecule has 0 fully saturated rings. The molecule has 0 radical (unpaired) electrons. The largest absolute Gasteiger partial charge is 1.00 e. The van der Waals surface area contributed by atoms with Crippen molar-refractivity contribution >= 4 is 25.7 Å². The van der Waals surface area contributed by atoms with Gasteiger partial charge in [0.25, 0.3) is 0 Å². The molecule has 0 aromatic carbocycles. The number of hydrogen-bond donors (Lipinski definition) is 7. The first kappa shape index (κ1) is 33.1. The van der Waals surface area contributed by atoms with Crippen LogP contribution in [0.3, 0.4) is 0 Å². The van der Waals surface area contributed by atoms with E-state index < -0.39 is 44.2 Å². The van der Waals surface area contributed by atoms with Crippen LogP contribution in [0.1, 0.15) is 15.7 Å². The van der Waals surface area contributed by atoms with Crippen LogP contribution in [0, 0.1) is 0 Å². The number of aliphatic carboxylic acids is 3. The molecule has 0 aliphatic heterocycles. The van der Waals surface area contributed by atoms with E-state index in [-0.39, 0.29) is 67.4 Å². The van der Waals surface area contributed by atoms with E-state index in [1.165, 1.54) is 0 Å². The van der Waals surface area contributed by atoms with Gasteiger partial charge in [-0.05, 0) is 0 Å². The van der Waals surface area contributed by atoms with Gasteiger partial charge in [-0.3, -0.25) is 9.59 Å². The first-order chi connectivity index (χ1) is 7.78. The molecule has 0 rings (SSSR count). The van der Waals surface area contributed by atoms with Gasteiger partial charge in [-0.25, -0.2) is 9.36 Å². The van der Waals surface area contributed by atoms with Crippen LogP contribution < -0.4 is 59.1 Å². The number of phosphoric acid groups is 1. The number of carboxylic acid groups (broad SMARTS) is 3. The van der Waals surface area contributed by atoms with Gasteiger partial charge in [-0.2, -0.15) is 0 Å². The van der Waals surface area contributed by atoms with E-state index in [9.17, 15) is 14.4 Å². The average molecular weight is 356 g/mol. The van der Waals surface area contributed by atoms with Crippen molar-refractivity contribution in [2.24, 2.45) is 0 Å². The fraction of sp³-hybridized carbons (Fsp3) is 0.500. The molecule has 0 saturated heterocycles. The summed E-state index contributed by atoms with van der Waals surface area (Å²) in [5, 5.41) is 33.8. The molecule has 0 aliphatic carbocycles. The molecule has 21 heavy (non-hydrogen) atoms. The molecule has 0 unspecified atom stereocenters. The molecule has 15 heteroatoms. The third kappa shape index (κ3) is 25.7. The second-order valence-corrected chi connectivity index (χ2v) is 4.02. The van der Waals surface area contributed by atoms with Crippen LogP contribution in [0.15, 0.2) is 0 Å². The molecule has 12 nitrogen and oxygen atoms in total. The number of carboxylic acids is 3. The van der Waals surface area contributed by atoms with Crippen molar-refractivity contribution in [2.75, 3.05) is 0 Å². The summed E-state index contributed by atoms with van der Waals surface area (Å²) in [6.07, 6.45) is -2.29. The Bertz CT molecular complexity index is 363. The van der Waals surface area contributed by atoms with Gasteiger partial charge in [-0.1, -0.05) is 0 Å². The predicted molar refractivity (Wildman–Crippen MR) is 57.2 cm³/mol. The maximum atomic E-state index is 10.3. The third-order valence-electron chi connectivity index (χ3n) is 1.29. The summed E-state index contributed by atoms with van der Waals surface area (Å²) in [4.78, 5) is 52.0. The van der Waals surface area contributed by atoms with Crippen LogP contribution in [0.2, 0.25) is 0 Å². The van der Waals surface area contributed by atoms with E-state index in [0.29, 0.717) is 0 Å². The smallest absolute Gasteiger partial charge is 1.00 e. The summed E-state index contributed by atoms with van der Waals surface area (Å²) < 4.78 is 8.88. The second-order valence-electron chi connectivity index (χ2n) is 2.99. The summed E-state index contributed by atoms with van der Waals surface area (Å²) in [6, 6.07) is 0. The van der Waals surface area contributed by atoms with Crippen molar-refractivity contribution in [2.45, 2.75) is 18.4 Å². The predicted octanol–water partition coefficient (Wildman–Crippen LogP) is -8.77. The summed E-state index contributed by atoms with van der Waals surface area (Å²) in [6.45, 7) is 0. The second kappa shape index (κ2) is 14.1. The van der Waals surface area contributed by atoms with Crippen LogP contribution in [0.4, 0.5) is 0 Å². The van der Waals surface area contributed by atoms with Gasteiger partial charge in [0.05, 0.1) is 12.8 Å². The average Bonchev–Trinajstić information content (AvgIpc) is 1.95. The van der Waals surface area contributed by atoms with Gasteiger partial charge in [0.15, 0.2) is 5.60 Å². The van der Waals surface area contributed by atoms with Crippen LogP contribution >= 0.6 is 7.82 Å². The van der Waals surface area contributed by atoms with Crippen molar-refractivity contribution in [1.82, 2.24) is 0 Å². The zero-order chi connectivity index (χ0) is 15.1. The van der Waals surface area contributed by atoms with Crippen LogP contribution in [-0.4, -0.2) is 64.1 Å². The molecular weight excluding hydrogens is 341 g/mol. The standard InChI is InChI=1S/C6H8O7.2Na.H3O4P.H2O.2H/c7-3(8)1-6(13,5(11)12)2-4(9)10;;;1-5(2,3)4;;;/h13H,1-2H2,(H,7,8)(H,9,10)(H,11,12);;;(H3,1,2,3,4);1H2;;/q;2*+1;;;2*-1. The van der Waals surface area contributed by atoms with Gasteiger partial charge in [-0.15, -0.1) is 0 Å². The topological polar surface area (TPSA) is 241 Å². The first-order valence-corrected chi connectivity index (χ1v) is 5.52. The number of rotatable bonds is 5. The van der Waals surface area contributed by atoms with Crippen molar-refractivity contribution < 1.29 is 121 Å². The molecule has 0 atom stereocenters. The molecule has 0 spiro atoms. The fourth-order valence-electron chi connectivity index (χ4n) is 0.714. The zero-order valence-electron chi connectivity index (χ0n) is 13.1. The summed E-state index contributed by atoms with van der Waals surface area (Å²) in [5.74, 6) is -5.02. The van der Waals surface area contributed by atoms with Crippen LogP contribution in [0.5, 0.6) is 0 Å². The number of aliphatic hydroxyl groups is 1. The summed E-state index contributed by atoms with van der Waals surface area (Å²) >= 11 is 0. The molecule has 9 N–H and O–H groups in total. The van der Waals surface area contributed by atoms with E-state index in [4.69, 9.17) is 39.7 Å². The van der Waals surface area contributed by atoms with E-state index in [1.54, 1.807) is 0 Å². The monoisotopic (exact) mass is 356 g/mol. The van der Waals surface area contributed by atoms with E-state index >= 15 is 0 Å². The van der Waals surface area contributed by atoms with Gasteiger partial charge in [0.2, 0.25) is 0 Å². The van der Waals surface area contributed by atoms with Crippen molar-refractivity contribution in [1.29, 1.82) is 0 Å². The molecule has 0 amide bonds. The van der Waals surface area contributed by atoms with E-state index in [1.807, 2.05) is 0 Å². The minimum Gasteiger partial charge on any atom is -1.00 e. The minimum atomic E-state index is -4.64. The van der Waals surface area contributed by atoms with Crippen LogP contribution in [0.25, 0.3) is 0 Å². The van der Waals surface area contributed by atoms with Gasteiger partial charge >= 0.3 is 84.8 Å². The summed E-state index contributed by atoms with van der Waals surface area (Å²) in [5.41, 5.74) is -2.74. The third-order valence-corrected chi connectivity index (χ3v) is 1.29. The molecular formula is C6H15Na2O12P. The molecule has 0 aliphatic rings. The Morgan fingerprint density at radius 3 is 1.19 bits per heavy atom. The normalized spacial score (nSPS) is 9.52. The number of carbonyl (C=O) groups is 3. The Balaban J connectivity index is -0.0000000455. The molecule has 0 aromatic rings. The van der Waals surface area contributed by atoms with E-state index in [0.717, 1.165) is 0 Å². The molecule has 118 valence electrons. The van der Waals surface area contributed by atoms with Crippen molar-refractivity contribution in [3.8, 4) is 0 Å². The maximum Gasteiger partial charge on any atom is 1.00 e. The Labute approximate surface area is 164 Å². The molecule has 0 bridgehead atoms. The molecule has 0 saturated carbocycles. The van der Waals surface area contributed by atoms with Gasteiger partial charge < -0.3 is 43.4 Å². The Kier molecular flexibility index (Phi) is 22.2. The van der Waals surface area contributed by atoms with Crippen molar-refractivity contribution in [3.05, 3.63) is 0 Å². The SMILES string of the molecule is O.O=C(O)CC(O)(CC(=O)O)C(=O)O.O=P(O)(O)O.[H-].[H-].[Na+].[Na+]. The molecule has 0 aromatic heterocycles. The quantitative estimate of drug-likeness (QED) is 0.180. The van der Waals surface area contributed by atoms with Gasteiger partial charge in [0.1, 0.15) is 0 Å². The Hall–Kier alpha value is 0.440. The van der Waals surface area contributed by atoms with Gasteiger partial charge in [0, 0.05) is 0 Å². The maximum absolute atomic E-state index is 10.3. The fourth-order valence-corrected chi connectivity index (χ4v) is 0.714. The van der Waals surface area contributed by atoms with Crippen LogP contribution in [-0.2, 0) is 18.9 Å².